The van der Waals surface area contributed by atoms with Crippen LogP contribution in [0.2, 0.25) is 0 Å². The molecule has 6 heteroatoms. The van der Waals surface area contributed by atoms with Gasteiger partial charge in [-0.05, 0) is 25.9 Å². The number of aromatic nitrogens is 3. The third-order valence-electron chi connectivity index (χ3n) is 3.37. The Labute approximate surface area is 110 Å². The molecule has 2 aromatic heterocycles. The van der Waals surface area contributed by atoms with E-state index in [-0.39, 0.29) is 0 Å². The number of aryl methyl sites for hydroxylation is 1. The van der Waals surface area contributed by atoms with Crippen LogP contribution in [0.4, 0.5) is 0 Å². The van der Waals surface area contributed by atoms with Crippen LogP contribution in [-0.2, 0) is 6.42 Å². The lowest BCUT2D eigenvalue weighted by Gasteiger charge is -2.30. The van der Waals surface area contributed by atoms with Gasteiger partial charge < -0.3 is 9.84 Å². The number of rotatable bonds is 4. The molecule has 5 nitrogen and oxygen atoms in total. The molecule has 0 bridgehead atoms. The number of hydrogen-bond acceptors (Lipinski definition) is 6. The summed E-state index contributed by atoms with van der Waals surface area (Å²) in [6, 6.07) is 0. The minimum atomic E-state index is 0.338. The molecular weight excluding hydrogens is 248 g/mol. The maximum absolute atomic E-state index is 5.35. The normalized spacial score (nSPS) is 17.7. The van der Waals surface area contributed by atoms with Gasteiger partial charge in [0, 0.05) is 17.0 Å². The Morgan fingerprint density at radius 3 is 2.94 bits per heavy atom. The van der Waals surface area contributed by atoms with Gasteiger partial charge in [0.2, 0.25) is 5.89 Å². The van der Waals surface area contributed by atoms with Crippen molar-refractivity contribution in [2.45, 2.75) is 26.2 Å². The molecule has 2 aromatic rings. The summed E-state index contributed by atoms with van der Waals surface area (Å²) in [6.07, 6.45) is 0.664. The highest BCUT2D eigenvalue weighted by molar-refractivity contribution is 7.09. The number of nitrogens with one attached hydrogen (secondary N) is 1. The lowest BCUT2D eigenvalue weighted by atomic mass is 9.89. The van der Waals surface area contributed by atoms with Crippen molar-refractivity contribution in [1.29, 1.82) is 0 Å². The minimum absolute atomic E-state index is 0.338. The Morgan fingerprint density at radius 1 is 1.50 bits per heavy atom. The second kappa shape index (κ2) is 4.78. The van der Waals surface area contributed by atoms with E-state index < -0.39 is 0 Å². The summed E-state index contributed by atoms with van der Waals surface area (Å²) >= 11 is 1.64. The monoisotopic (exact) mass is 264 g/mol. The first kappa shape index (κ1) is 11.8. The number of nitrogens with zero attached hydrogens (tertiary/aromatic N) is 3. The molecule has 0 spiro atoms. The highest BCUT2D eigenvalue weighted by atomic mass is 32.1. The van der Waals surface area contributed by atoms with Gasteiger partial charge in [-0.15, -0.1) is 11.3 Å². The summed E-state index contributed by atoms with van der Waals surface area (Å²) in [5, 5.41) is 10.4. The zero-order chi connectivity index (χ0) is 12.5. The summed E-state index contributed by atoms with van der Waals surface area (Å²) < 4.78 is 5.35. The van der Waals surface area contributed by atoms with E-state index in [0.29, 0.717) is 18.3 Å². The van der Waals surface area contributed by atoms with Gasteiger partial charge in [-0.1, -0.05) is 12.1 Å². The molecule has 18 heavy (non-hydrogen) atoms. The predicted molar refractivity (Wildman–Crippen MR) is 68.7 cm³/mol. The smallest absolute Gasteiger partial charge is 0.229 e. The molecule has 0 aliphatic carbocycles. The average molecular weight is 264 g/mol. The molecule has 0 radical (unpaired) electrons. The fourth-order valence-electron chi connectivity index (χ4n) is 2.01. The van der Waals surface area contributed by atoms with Crippen molar-refractivity contribution in [2.75, 3.05) is 13.1 Å². The van der Waals surface area contributed by atoms with Crippen molar-refractivity contribution >= 4 is 11.3 Å². The van der Waals surface area contributed by atoms with E-state index in [1.165, 1.54) is 0 Å². The Balaban J connectivity index is 1.69. The lowest BCUT2D eigenvalue weighted by Crippen LogP contribution is -2.44. The van der Waals surface area contributed by atoms with Crippen LogP contribution >= 0.6 is 11.3 Å². The van der Waals surface area contributed by atoms with Crippen molar-refractivity contribution in [3.63, 3.8) is 0 Å². The van der Waals surface area contributed by atoms with Gasteiger partial charge >= 0.3 is 0 Å². The molecule has 1 atom stereocenters. The van der Waals surface area contributed by atoms with Crippen LogP contribution in [0.15, 0.2) is 9.90 Å². The quantitative estimate of drug-likeness (QED) is 0.911. The first-order valence-electron chi connectivity index (χ1n) is 6.16. The summed E-state index contributed by atoms with van der Waals surface area (Å²) in [4.78, 5) is 8.89. The van der Waals surface area contributed by atoms with Crippen LogP contribution in [0, 0.1) is 12.8 Å². The zero-order valence-corrected chi connectivity index (χ0v) is 11.3. The molecule has 0 aromatic carbocycles. The summed E-state index contributed by atoms with van der Waals surface area (Å²) in [5.74, 6) is 2.45. The van der Waals surface area contributed by atoms with Crippen LogP contribution in [0.3, 0.4) is 0 Å². The minimum Gasteiger partial charge on any atom is -0.339 e. The summed E-state index contributed by atoms with van der Waals surface area (Å²) in [7, 11) is 0. The first-order chi connectivity index (χ1) is 8.72. The third kappa shape index (κ3) is 2.30. The Hall–Kier alpha value is -1.27. The van der Waals surface area contributed by atoms with E-state index in [1.54, 1.807) is 11.3 Å². The Morgan fingerprint density at radius 2 is 2.33 bits per heavy atom. The molecule has 1 fully saturated rings. The molecule has 1 unspecified atom stereocenters. The van der Waals surface area contributed by atoms with Crippen molar-refractivity contribution in [3.8, 4) is 0 Å². The van der Waals surface area contributed by atoms with Gasteiger partial charge in [0.15, 0.2) is 5.82 Å². The molecule has 1 saturated heterocycles. The van der Waals surface area contributed by atoms with E-state index in [9.17, 15) is 0 Å². The van der Waals surface area contributed by atoms with Crippen molar-refractivity contribution < 1.29 is 4.52 Å². The number of thiazole rings is 1. The van der Waals surface area contributed by atoms with E-state index in [4.69, 9.17) is 4.52 Å². The molecule has 3 heterocycles. The summed E-state index contributed by atoms with van der Waals surface area (Å²) in [6.45, 7) is 6.23. The fourth-order valence-corrected chi connectivity index (χ4v) is 2.78. The lowest BCUT2D eigenvalue weighted by molar-refractivity contribution is 0.252. The SMILES string of the molecule is Cc1csc(Cc2noc(C(C)C3CNC3)n2)n1. The van der Waals surface area contributed by atoms with Gasteiger partial charge in [0.1, 0.15) is 5.01 Å². The van der Waals surface area contributed by atoms with E-state index >= 15 is 0 Å². The largest absolute Gasteiger partial charge is 0.339 e. The van der Waals surface area contributed by atoms with Gasteiger partial charge in [-0.25, -0.2) is 4.98 Å². The highest BCUT2D eigenvalue weighted by Gasteiger charge is 2.28. The van der Waals surface area contributed by atoms with Crippen LogP contribution in [-0.4, -0.2) is 28.2 Å². The van der Waals surface area contributed by atoms with Crippen molar-refractivity contribution in [1.82, 2.24) is 20.4 Å². The van der Waals surface area contributed by atoms with Gasteiger partial charge in [0.05, 0.1) is 6.42 Å². The summed E-state index contributed by atoms with van der Waals surface area (Å²) in [5.41, 5.74) is 1.05. The molecule has 1 N–H and O–H groups in total. The van der Waals surface area contributed by atoms with Crippen molar-refractivity contribution in [2.24, 2.45) is 5.92 Å². The maximum Gasteiger partial charge on any atom is 0.229 e. The third-order valence-corrected chi connectivity index (χ3v) is 4.34. The van der Waals surface area contributed by atoms with E-state index in [1.807, 2.05) is 12.3 Å². The fraction of sp³-hybridized carbons (Fsp3) is 0.583. The second-order valence-corrected chi connectivity index (χ2v) is 5.76. The standard InChI is InChI=1S/C12H16N4OS/c1-7-6-18-11(14-7)3-10-15-12(17-16-10)8(2)9-4-13-5-9/h6,8-9,13H,3-5H2,1-2H3. The molecule has 1 aliphatic rings. The molecule has 96 valence electrons. The van der Waals surface area contributed by atoms with Crippen LogP contribution in [0.5, 0.6) is 0 Å². The zero-order valence-electron chi connectivity index (χ0n) is 10.5. The van der Waals surface area contributed by atoms with Crippen LogP contribution < -0.4 is 5.32 Å². The average Bonchev–Trinajstić information content (AvgIpc) is 2.86. The molecule has 1 aliphatic heterocycles. The highest BCUT2D eigenvalue weighted by Crippen LogP contribution is 2.26. The van der Waals surface area contributed by atoms with Crippen LogP contribution in [0.1, 0.15) is 35.3 Å². The molecule has 0 saturated carbocycles. The molecule has 3 rings (SSSR count). The van der Waals surface area contributed by atoms with Gasteiger partial charge in [-0.2, -0.15) is 4.98 Å². The van der Waals surface area contributed by atoms with Gasteiger partial charge in [0.25, 0.3) is 0 Å². The Kier molecular flexibility index (Phi) is 3.13. The van der Waals surface area contributed by atoms with E-state index in [2.05, 4.69) is 27.4 Å². The topological polar surface area (TPSA) is 63.8 Å². The second-order valence-electron chi connectivity index (χ2n) is 4.82. The van der Waals surface area contributed by atoms with Gasteiger partial charge in [-0.3, -0.25) is 0 Å². The molecular formula is C12H16N4OS. The first-order valence-corrected chi connectivity index (χ1v) is 7.04. The molecule has 0 amide bonds. The number of hydrogen-bond donors (Lipinski definition) is 1. The van der Waals surface area contributed by atoms with Crippen LogP contribution in [0.25, 0.3) is 0 Å². The Bertz CT molecular complexity index is 532. The van der Waals surface area contributed by atoms with E-state index in [0.717, 1.165) is 35.5 Å². The predicted octanol–water partition coefficient (Wildman–Crippen LogP) is 1.75. The maximum atomic E-state index is 5.35. The van der Waals surface area contributed by atoms with Crippen molar-refractivity contribution in [3.05, 3.63) is 27.8 Å².